The largest absolute Gasteiger partial charge is 0.416 e. The van der Waals surface area contributed by atoms with Gasteiger partial charge in [0.1, 0.15) is 4.90 Å². The number of benzene rings is 3. The maximum atomic E-state index is 13.5. The van der Waals surface area contributed by atoms with Crippen LogP contribution in [0, 0.1) is 0 Å². The number of amides is 1. The molecule has 1 fully saturated rings. The summed E-state index contributed by atoms with van der Waals surface area (Å²) in [5.74, 6) is -0.328. The lowest BCUT2D eigenvalue weighted by Crippen LogP contribution is -2.47. The van der Waals surface area contributed by atoms with E-state index in [0.717, 1.165) is 12.1 Å². The van der Waals surface area contributed by atoms with Crippen molar-refractivity contribution in [3.8, 4) is 0 Å². The molecule has 0 saturated carbocycles. The molecule has 12 heteroatoms. The number of halogens is 4. The molecule has 2 N–H and O–H groups in total. The summed E-state index contributed by atoms with van der Waals surface area (Å²) in [6, 6.07) is 15.2. The Bertz CT molecular complexity index is 1430. The second kappa shape index (κ2) is 11.2. The van der Waals surface area contributed by atoms with E-state index in [4.69, 9.17) is 11.6 Å². The lowest BCUT2D eigenvalue weighted by molar-refractivity contribution is -0.137. The Hall–Kier alpha value is -3.28. The minimum absolute atomic E-state index is 0.155. The number of anilines is 2. The zero-order valence-electron chi connectivity index (χ0n) is 20.4. The Kier molecular flexibility index (Phi) is 8.19. The Morgan fingerprint density at radius 1 is 0.974 bits per heavy atom. The van der Waals surface area contributed by atoms with Crippen LogP contribution in [0.25, 0.3) is 0 Å². The van der Waals surface area contributed by atoms with Crippen molar-refractivity contribution in [1.82, 2.24) is 9.80 Å². The van der Waals surface area contributed by atoms with E-state index in [9.17, 15) is 26.4 Å². The summed E-state index contributed by atoms with van der Waals surface area (Å²) in [6.45, 7) is 2.53. The molecule has 0 radical (unpaired) electrons. The van der Waals surface area contributed by atoms with Gasteiger partial charge in [-0.15, -0.1) is 0 Å². The quantitative estimate of drug-likeness (QED) is 0.413. The van der Waals surface area contributed by atoms with Gasteiger partial charge in [0.15, 0.2) is 0 Å². The van der Waals surface area contributed by atoms with Gasteiger partial charge in [-0.1, -0.05) is 35.9 Å². The van der Waals surface area contributed by atoms with Gasteiger partial charge in [0, 0.05) is 49.0 Å². The van der Waals surface area contributed by atoms with E-state index in [2.05, 4.69) is 14.9 Å². The van der Waals surface area contributed by atoms with Crippen molar-refractivity contribution in [2.45, 2.75) is 17.6 Å². The highest BCUT2D eigenvalue weighted by Gasteiger charge is 2.31. The topological polar surface area (TPSA) is 81.8 Å². The molecule has 4 rings (SSSR count). The zero-order chi connectivity index (χ0) is 27.5. The van der Waals surface area contributed by atoms with Crippen molar-refractivity contribution >= 4 is 38.9 Å². The number of carbonyl (C=O) groups is 1. The number of hydrogen-bond acceptors (Lipinski definition) is 5. The fourth-order valence-electron chi connectivity index (χ4n) is 4.02. The Morgan fingerprint density at radius 3 is 2.37 bits per heavy atom. The van der Waals surface area contributed by atoms with E-state index in [1.54, 1.807) is 29.2 Å². The zero-order valence-corrected chi connectivity index (χ0v) is 22.0. The van der Waals surface area contributed by atoms with Crippen LogP contribution in [-0.4, -0.2) is 57.4 Å². The third kappa shape index (κ3) is 6.58. The summed E-state index contributed by atoms with van der Waals surface area (Å²) in [5, 5.41) is 3.51. The van der Waals surface area contributed by atoms with Crippen LogP contribution in [0.4, 0.5) is 24.5 Å². The molecular formula is C26H26ClF3N4O3S. The highest BCUT2D eigenvalue weighted by molar-refractivity contribution is 7.92. The molecule has 3 aromatic rings. The second-order valence-corrected chi connectivity index (χ2v) is 11.0. The third-order valence-corrected chi connectivity index (χ3v) is 7.97. The smallest absolute Gasteiger partial charge is 0.380 e. The van der Waals surface area contributed by atoms with Gasteiger partial charge in [-0.2, -0.15) is 13.2 Å². The van der Waals surface area contributed by atoms with Crippen molar-refractivity contribution in [3.05, 3.63) is 88.4 Å². The summed E-state index contributed by atoms with van der Waals surface area (Å²) in [6.07, 6.45) is -4.64. The second-order valence-electron chi connectivity index (χ2n) is 8.94. The number of piperazine rings is 1. The minimum atomic E-state index is -4.64. The number of rotatable bonds is 7. The minimum Gasteiger partial charge on any atom is -0.380 e. The van der Waals surface area contributed by atoms with Gasteiger partial charge in [0.2, 0.25) is 0 Å². The Balaban J connectivity index is 1.68. The van der Waals surface area contributed by atoms with Gasteiger partial charge in [0.25, 0.3) is 15.9 Å². The summed E-state index contributed by atoms with van der Waals surface area (Å²) < 4.78 is 68.7. The van der Waals surface area contributed by atoms with Crippen LogP contribution in [0.15, 0.2) is 71.6 Å². The monoisotopic (exact) mass is 566 g/mol. The Labute approximate surface area is 224 Å². The predicted molar refractivity (Wildman–Crippen MR) is 141 cm³/mol. The average Bonchev–Trinajstić information content (AvgIpc) is 2.87. The van der Waals surface area contributed by atoms with Gasteiger partial charge in [-0.05, 0) is 55.1 Å². The molecule has 0 atom stereocenters. The van der Waals surface area contributed by atoms with Crippen LogP contribution < -0.4 is 10.0 Å². The maximum Gasteiger partial charge on any atom is 0.416 e. The molecule has 1 amide bonds. The molecule has 0 unspecified atom stereocenters. The first kappa shape index (κ1) is 27.7. The number of alkyl halides is 3. The first-order valence-electron chi connectivity index (χ1n) is 11.7. The third-order valence-electron chi connectivity index (χ3n) is 6.18. The van der Waals surface area contributed by atoms with E-state index in [-0.39, 0.29) is 34.3 Å². The molecule has 1 aliphatic rings. The number of likely N-dealkylation sites (N-methyl/N-ethyl adjacent to an activating group) is 1. The van der Waals surface area contributed by atoms with Crippen molar-refractivity contribution in [1.29, 1.82) is 0 Å². The van der Waals surface area contributed by atoms with E-state index >= 15 is 0 Å². The number of nitrogens with one attached hydrogen (secondary N) is 2. The maximum absolute atomic E-state index is 13.5. The summed E-state index contributed by atoms with van der Waals surface area (Å²) in [5.41, 5.74) is -0.219. The SMILES string of the molecule is CN1CCN(C(=O)c2ccc(NCc3ccccc3Cl)c(S(=O)(=O)Nc3cccc(C(F)(F)F)c3)c2)CC1. The number of carbonyl (C=O) groups excluding carboxylic acids is 1. The molecule has 202 valence electrons. The average molecular weight is 567 g/mol. The molecule has 1 saturated heterocycles. The molecule has 1 aliphatic heterocycles. The fraction of sp³-hybridized carbons (Fsp3) is 0.269. The first-order chi connectivity index (χ1) is 17.9. The predicted octanol–water partition coefficient (Wildman–Crippen LogP) is 5.16. The van der Waals surface area contributed by atoms with Crippen LogP contribution >= 0.6 is 11.6 Å². The molecule has 0 spiro atoms. The fourth-order valence-corrected chi connectivity index (χ4v) is 5.48. The van der Waals surface area contributed by atoms with E-state index in [0.29, 0.717) is 42.8 Å². The molecule has 3 aromatic carbocycles. The van der Waals surface area contributed by atoms with Crippen LogP contribution in [0.2, 0.25) is 5.02 Å². The number of sulfonamides is 1. The highest BCUT2D eigenvalue weighted by atomic mass is 35.5. The van der Waals surface area contributed by atoms with Crippen molar-refractivity contribution in [3.63, 3.8) is 0 Å². The Morgan fingerprint density at radius 2 is 1.68 bits per heavy atom. The molecular weight excluding hydrogens is 541 g/mol. The van der Waals surface area contributed by atoms with Crippen LogP contribution in [-0.2, 0) is 22.7 Å². The molecule has 7 nitrogen and oxygen atoms in total. The van der Waals surface area contributed by atoms with Crippen molar-refractivity contribution < 1.29 is 26.4 Å². The lowest BCUT2D eigenvalue weighted by Gasteiger charge is -2.32. The summed E-state index contributed by atoms with van der Waals surface area (Å²) in [7, 11) is -2.46. The molecule has 0 aromatic heterocycles. The molecule has 0 bridgehead atoms. The summed E-state index contributed by atoms with van der Waals surface area (Å²) in [4.78, 5) is 16.6. The molecule has 0 aliphatic carbocycles. The van der Waals surface area contributed by atoms with Gasteiger partial charge in [-0.3, -0.25) is 9.52 Å². The van der Waals surface area contributed by atoms with Crippen LogP contribution in [0.1, 0.15) is 21.5 Å². The van der Waals surface area contributed by atoms with Gasteiger partial charge < -0.3 is 15.1 Å². The van der Waals surface area contributed by atoms with E-state index in [1.807, 2.05) is 7.05 Å². The number of nitrogens with zero attached hydrogens (tertiary/aromatic N) is 2. The first-order valence-corrected chi connectivity index (χ1v) is 13.6. The van der Waals surface area contributed by atoms with Crippen molar-refractivity contribution in [2.75, 3.05) is 43.3 Å². The highest BCUT2D eigenvalue weighted by Crippen LogP contribution is 2.32. The number of hydrogen-bond donors (Lipinski definition) is 2. The standard InChI is InChI=1S/C26H26ClF3N4O3S/c1-33-11-13-34(14-12-33)25(35)18-9-10-23(31-17-19-5-2-3-8-22(19)27)24(15-18)38(36,37)32-21-7-4-6-20(16-21)26(28,29)30/h2-10,15-16,31-32H,11-14,17H2,1H3. The van der Waals surface area contributed by atoms with Gasteiger partial charge in [0.05, 0.1) is 11.3 Å². The van der Waals surface area contributed by atoms with Gasteiger partial charge in [-0.25, -0.2) is 8.42 Å². The van der Waals surface area contributed by atoms with Gasteiger partial charge >= 0.3 is 6.18 Å². The van der Waals surface area contributed by atoms with E-state index in [1.165, 1.54) is 24.3 Å². The van der Waals surface area contributed by atoms with Crippen LogP contribution in [0.5, 0.6) is 0 Å². The van der Waals surface area contributed by atoms with Crippen LogP contribution in [0.3, 0.4) is 0 Å². The molecule has 1 heterocycles. The lowest BCUT2D eigenvalue weighted by atomic mass is 10.1. The van der Waals surface area contributed by atoms with Crippen molar-refractivity contribution in [2.24, 2.45) is 0 Å². The summed E-state index contributed by atoms with van der Waals surface area (Å²) >= 11 is 6.23. The normalized spacial score (nSPS) is 14.8. The van der Waals surface area contributed by atoms with E-state index < -0.39 is 21.8 Å². The molecule has 38 heavy (non-hydrogen) atoms.